The number of pyridine rings is 2. The molecule has 2 atom stereocenters. The zero-order valence-corrected chi connectivity index (χ0v) is 19.6. The smallest absolute Gasteiger partial charge is 0.229 e. The van der Waals surface area contributed by atoms with E-state index in [2.05, 4.69) is 40.9 Å². The van der Waals surface area contributed by atoms with Crippen molar-refractivity contribution in [2.24, 2.45) is 5.92 Å². The average Bonchev–Trinajstić information content (AvgIpc) is 3.27. The predicted octanol–water partition coefficient (Wildman–Crippen LogP) is 3.76. The van der Waals surface area contributed by atoms with Crippen LogP contribution in [0, 0.1) is 12.8 Å². The van der Waals surface area contributed by atoms with Crippen LogP contribution in [-0.2, 0) is 13.8 Å². The predicted molar refractivity (Wildman–Crippen MR) is 123 cm³/mol. The lowest BCUT2D eigenvalue weighted by Crippen LogP contribution is -2.44. The summed E-state index contributed by atoms with van der Waals surface area (Å²) in [4.78, 5) is 11.9. The molecule has 0 aromatic carbocycles. The molecule has 0 bridgehead atoms. The van der Waals surface area contributed by atoms with E-state index in [4.69, 9.17) is 14.2 Å². The molecule has 0 radical (unpaired) electrons. The fourth-order valence-electron chi connectivity index (χ4n) is 3.85. The van der Waals surface area contributed by atoms with Gasteiger partial charge in [0.2, 0.25) is 7.37 Å². The molecular weight excluding hydrogens is 413 g/mol. The molecule has 1 aliphatic heterocycles. The normalized spacial score (nSPS) is 19.2. The highest BCUT2D eigenvalue weighted by Gasteiger charge is 2.29. The lowest BCUT2D eigenvalue weighted by molar-refractivity contribution is 0.0986. The Morgan fingerprint density at radius 3 is 2.90 bits per heavy atom. The molecule has 3 aromatic heterocycles. The van der Waals surface area contributed by atoms with Crippen LogP contribution in [0.3, 0.4) is 0 Å². The molecule has 0 spiro atoms. The van der Waals surface area contributed by atoms with Crippen molar-refractivity contribution in [2.75, 3.05) is 37.9 Å². The van der Waals surface area contributed by atoms with Crippen molar-refractivity contribution in [1.82, 2.24) is 20.2 Å². The van der Waals surface area contributed by atoms with Crippen LogP contribution in [0.2, 0.25) is 0 Å². The van der Waals surface area contributed by atoms with Crippen molar-refractivity contribution >= 4 is 29.4 Å². The Labute approximate surface area is 182 Å². The standard InChI is InChI=1S/C22H30N5O3P/c1-14(2)12-30-31(5,28)18-10-19(27-8-9-29-13-16(27)4)25-22-20(18)15(3)11-23-21(22)17-6-7-24-26-17/h6-7,10-11,14,16H,8-9,12-13H2,1-5H3,(H,24,26)/t16-,31?/m1/s1. The summed E-state index contributed by atoms with van der Waals surface area (Å²) in [5.74, 6) is 1.05. The molecule has 31 heavy (non-hydrogen) atoms. The van der Waals surface area contributed by atoms with Crippen LogP contribution in [0.15, 0.2) is 24.5 Å². The highest BCUT2D eigenvalue weighted by Crippen LogP contribution is 2.46. The second-order valence-electron chi connectivity index (χ2n) is 8.64. The number of anilines is 1. The topological polar surface area (TPSA) is 93.2 Å². The van der Waals surface area contributed by atoms with Crippen molar-refractivity contribution in [3.63, 3.8) is 0 Å². The maximum absolute atomic E-state index is 13.9. The van der Waals surface area contributed by atoms with Crippen molar-refractivity contribution < 1.29 is 13.8 Å². The molecular formula is C22H30N5O3P. The van der Waals surface area contributed by atoms with Gasteiger partial charge in [-0.15, -0.1) is 0 Å². The van der Waals surface area contributed by atoms with E-state index in [1.807, 2.05) is 19.1 Å². The number of aromatic nitrogens is 4. The first kappa shape index (κ1) is 21.9. The molecule has 9 heteroatoms. The number of ether oxygens (including phenoxy) is 1. The maximum Gasteiger partial charge on any atom is 0.229 e. The molecule has 4 rings (SSSR count). The highest BCUT2D eigenvalue weighted by molar-refractivity contribution is 7.66. The minimum absolute atomic E-state index is 0.160. The Balaban J connectivity index is 1.98. The van der Waals surface area contributed by atoms with E-state index in [1.165, 1.54) is 0 Å². The van der Waals surface area contributed by atoms with E-state index in [0.29, 0.717) is 36.3 Å². The molecule has 4 heterocycles. The molecule has 8 nitrogen and oxygen atoms in total. The van der Waals surface area contributed by atoms with Crippen LogP contribution in [0.4, 0.5) is 5.82 Å². The first-order valence-electron chi connectivity index (χ1n) is 10.6. The zero-order valence-electron chi connectivity index (χ0n) is 18.8. The summed E-state index contributed by atoms with van der Waals surface area (Å²) in [6.45, 7) is 12.3. The Kier molecular flexibility index (Phi) is 6.15. The first-order chi connectivity index (χ1) is 14.8. The third-order valence-corrected chi connectivity index (χ3v) is 7.37. The summed E-state index contributed by atoms with van der Waals surface area (Å²) < 4.78 is 25.5. The number of fused-ring (bicyclic) bond motifs is 1. The van der Waals surface area contributed by atoms with E-state index in [1.54, 1.807) is 19.1 Å². The molecule has 166 valence electrons. The zero-order chi connectivity index (χ0) is 22.2. The van der Waals surface area contributed by atoms with Gasteiger partial charge in [-0.3, -0.25) is 14.6 Å². The van der Waals surface area contributed by atoms with Gasteiger partial charge in [0.25, 0.3) is 0 Å². The second kappa shape index (κ2) is 8.69. The van der Waals surface area contributed by atoms with Gasteiger partial charge in [-0.2, -0.15) is 5.10 Å². The van der Waals surface area contributed by atoms with Crippen LogP contribution in [0.25, 0.3) is 22.3 Å². The lowest BCUT2D eigenvalue weighted by atomic mass is 10.1. The fourth-order valence-corrected chi connectivity index (χ4v) is 5.61. The number of hydrogen-bond acceptors (Lipinski definition) is 7. The Hall–Kier alpha value is -2.28. The summed E-state index contributed by atoms with van der Waals surface area (Å²) in [7, 11) is -3.12. The molecule has 1 unspecified atom stereocenters. The van der Waals surface area contributed by atoms with Crippen molar-refractivity contribution in [2.45, 2.75) is 33.7 Å². The Bertz CT molecular complexity index is 1120. The molecule has 1 N–H and O–H groups in total. The number of H-pyrrole nitrogens is 1. The minimum Gasteiger partial charge on any atom is -0.377 e. The highest BCUT2D eigenvalue weighted by atomic mass is 31.2. The summed E-state index contributed by atoms with van der Waals surface area (Å²) in [6, 6.07) is 3.96. The summed E-state index contributed by atoms with van der Waals surface area (Å²) in [6.07, 6.45) is 3.48. The summed E-state index contributed by atoms with van der Waals surface area (Å²) >= 11 is 0. The number of rotatable bonds is 6. The van der Waals surface area contributed by atoms with Gasteiger partial charge in [0.1, 0.15) is 17.0 Å². The second-order valence-corrected chi connectivity index (χ2v) is 11.1. The number of aromatic amines is 1. The third-order valence-electron chi connectivity index (χ3n) is 5.50. The Morgan fingerprint density at radius 2 is 2.23 bits per heavy atom. The number of aryl methyl sites for hydroxylation is 1. The monoisotopic (exact) mass is 443 g/mol. The average molecular weight is 443 g/mol. The van der Waals surface area contributed by atoms with Gasteiger partial charge < -0.3 is 14.2 Å². The molecule has 3 aromatic rings. The molecule has 1 aliphatic rings. The van der Waals surface area contributed by atoms with Gasteiger partial charge in [-0.25, -0.2) is 4.98 Å². The van der Waals surface area contributed by atoms with Gasteiger partial charge in [0, 0.05) is 31.0 Å². The van der Waals surface area contributed by atoms with Gasteiger partial charge in [0.15, 0.2) is 0 Å². The van der Waals surface area contributed by atoms with Gasteiger partial charge >= 0.3 is 0 Å². The van der Waals surface area contributed by atoms with Crippen LogP contribution >= 0.6 is 7.37 Å². The number of nitrogens with one attached hydrogen (secondary N) is 1. The van der Waals surface area contributed by atoms with Gasteiger partial charge in [0.05, 0.1) is 36.9 Å². The van der Waals surface area contributed by atoms with Gasteiger partial charge in [-0.05, 0) is 37.5 Å². The van der Waals surface area contributed by atoms with Crippen molar-refractivity contribution in [3.8, 4) is 11.4 Å². The molecule has 0 amide bonds. The van der Waals surface area contributed by atoms with Crippen molar-refractivity contribution in [3.05, 3.63) is 30.1 Å². The fraction of sp³-hybridized carbons (Fsp3) is 0.500. The number of hydrogen-bond donors (Lipinski definition) is 1. The van der Waals surface area contributed by atoms with E-state index in [0.717, 1.165) is 29.0 Å². The summed E-state index contributed by atoms with van der Waals surface area (Å²) in [5, 5.41) is 8.58. The molecule has 1 saturated heterocycles. The van der Waals surface area contributed by atoms with Crippen LogP contribution < -0.4 is 10.2 Å². The van der Waals surface area contributed by atoms with E-state index in [9.17, 15) is 4.57 Å². The van der Waals surface area contributed by atoms with E-state index < -0.39 is 7.37 Å². The third kappa shape index (κ3) is 4.38. The minimum atomic E-state index is -3.12. The largest absolute Gasteiger partial charge is 0.377 e. The van der Waals surface area contributed by atoms with Gasteiger partial charge in [-0.1, -0.05) is 13.8 Å². The quantitative estimate of drug-likeness (QED) is 0.580. The maximum atomic E-state index is 13.9. The van der Waals surface area contributed by atoms with E-state index in [-0.39, 0.29) is 12.0 Å². The lowest BCUT2D eigenvalue weighted by Gasteiger charge is -2.35. The van der Waals surface area contributed by atoms with E-state index >= 15 is 0 Å². The molecule has 1 fully saturated rings. The van der Waals surface area contributed by atoms with Crippen LogP contribution in [0.1, 0.15) is 26.3 Å². The number of morpholine rings is 1. The summed E-state index contributed by atoms with van der Waals surface area (Å²) in [5.41, 5.74) is 3.07. The van der Waals surface area contributed by atoms with Crippen molar-refractivity contribution in [1.29, 1.82) is 0 Å². The molecule has 0 aliphatic carbocycles. The first-order valence-corrected chi connectivity index (χ1v) is 12.7. The van der Waals surface area contributed by atoms with Crippen LogP contribution in [-0.4, -0.2) is 59.2 Å². The number of nitrogens with zero attached hydrogens (tertiary/aromatic N) is 4. The molecule has 0 saturated carbocycles. The SMILES string of the molecule is Cc1cnc(-c2ccn[nH]2)c2nc(N3CCOC[C@H]3C)cc(P(C)(=O)OCC(C)C)c12. The van der Waals surface area contributed by atoms with Crippen LogP contribution in [0.5, 0.6) is 0 Å². The Morgan fingerprint density at radius 1 is 1.42 bits per heavy atom.